The van der Waals surface area contributed by atoms with Gasteiger partial charge in [0.2, 0.25) is 0 Å². The lowest BCUT2D eigenvalue weighted by Gasteiger charge is -2.38. The highest BCUT2D eigenvalue weighted by molar-refractivity contribution is 6.00. The Labute approximate surface area is 149 Å². The molecule has 1 amide bonds. The summed E-state index contributed by atoms with van der Waals surface area (Å²) < 4.78 is 4.88. The third kappa shape index (κ3) is 3.45. The number of carbonyl (C=O) groups is 2. The van der Waals surface area contributed by atoms with E-state index in [2.05, 4.69) is 9.88 Å². The van der Waals surface area contributed by atoms with Crippen molar-refractivity contribution in [1.82, 2.24) is 14.8 Å². The van der Waals surface area contributed by atoms with Gasteiger partial charge in [0.25, 0.3) is 5.91 Å². The standard InChI is InChI=1S/C19H29N3O3/c1-4-15-16(19(24)25-3)13(2)17(20-15)18(23)22-11-9-21(10-12-22)14-7-5-6-8-14/h14,20H,4-12H2,1-3H3. The van der Waals surface area contributed by atoms with Crippen LogP contribution in [0.1, 0.15) is 64.7 Å². The minimum atomic E-state index is -0.379. The van der Waals surface area contributed by atoms with Crippen LogP contribution in [0.5, 0.6) is 0 Å². The van der Waals surface area contributed by atoms with Crippen LogP contribution < -0.4 is 0 Å². The van der Waals surface area contributed by atoms with E-state index in [0.717, 1.165) is 31.9 Å². The first-order chi connectivity index (χ1) is 12.1. The summed E-state index contributed by atoms with van der Waals surface area (Å²) in [6, 6.07) is 0.710. The number of rotatable bonds is 4. The van der Waals surface area contributed by atoms with Gasteiger partial charge >= 0.3 is 5.97 Å². The first kappa shape index (κ1) is 18.0. The van der Waals surface area contributed by atoms with Gasteiger partial charge in [-0.3, -0.25) is 9.69 Å². The van der Waals surface area contributed by atoms with Crippen LogP contribution in [0.25, 0.3) is 0 Å². The Morgan fingerprint density at radius 2 is 1.80 bits per heavy atom. The molecule has 2 heterocycles. The average molecular weight is 347 g/mol. The van der Waals surface area contributed by atoms with E-state index in [1.54, 1.807) is 0 Å². The molecule has 1 saturated carbocycles. The van der Waals surface area contributed by atoms with Gasteiger partial charge in [-0.1, -0.05) is 19.8 Å². The van der Waals surface area contributed by atoms with Crippen LogP contribution in [0.2, 0.25) is 0 Å². The number of amides is 1. The van der Waals surface area contributed by atoms with E-state index < -0.39 is 0 Å². The van der Waals surface area contributed by atoms with Gasteiger partial charge in [0.1, 0.15) is 5.69 Å². The molecule has 6 heteroatoms. The zero-order valence-corrected chi connectivity index (χ0v) is 15.6. The summed E-state index contributed by atoms with van der Waals surface area (Å²) in [5, 5.41) is 0. The second-order valence-electron chi connectivity index (χ2n) is 7.09. The number of nitrogens with one attached hydrogen (secondary N) is 1. The highest BCUT2D eigenvalue weighted by atomic mass is 16.5. The minimum Gasteiger partial charge on any atom is -0.465 e. The van der Waals surface area contributed by atoms with Gasteiger partial charge < -0.3 is 14.6 Å². The lowest BCUT2D eigenvalue weighted by Crippen LogP contribution is -2.51. The Kier molecular flexibility index (Phi) is 5.47. The summed E-state index contributed by atoms with van der Waals surface area (Å²) >= 11 is 0. The molecule has 1 aromatic heterocycles. The third-order valence-electron chi connectivity index (χ3n) is 5.73. The first-order valence-corrected chi connectivity index (χ1v) is 9.39. The molecule has 0 radical (unpaired) electrons. The molecule has 0 spiro atoms. The monoisotopic (exact) mass is 347 g/mol. The van der Waals surface area contributed by atoms with Crippen molar-refractivity contribution in [3.8, 4) is 0 Å². The quantitative estimate of drug-likeness (QED) is 0.849. The lowest BCUT2D eigenvalue weighted by molar-refractivity contribution is 0.0568. The molecule has 0 atom stereocenters. The fraction of sp³-hybridized carbons (Fsp3) is 0.684. The Balaban J connectivity index is 1.71. The van der Waals surface area contributed by atoms with Crippen molar-refractivity contribution >= 4 is 11.9 Å². The number of methoxy groups -OCH3 is 1. The minimum absolute atomic E-state index is 0.00609. The van der Waals surface area contributed by atoms with Gasteiger partial charge in [-0.25, -0.2) is 4.79 Å². The molecule has 1 N–H and O–H groups in total. The number of esters is 1. The second-order valence-corrected chi connectivity index (χ2v) is 7.09. The smallest absolute Gasteiger partial charge is 0.339 e. The maximum atomic E-state index is 13.0. The van der Waals surface area contributed by atoms with Crippen LogP contribution in [0, 0.1) is 6.92 Å². The number of nitrogens with zero attached hydrogens (tertiary/aromatic N) is 2. The van der Waals surface area contributed by atoms with Gasteiger partial charge in [-0.05, 0) is 31.7 Å². The van der Waals surface area contributed by atoms with E-state index >= 15 is 0 Å². The molecule has 2 fully saturated rings. The van der Waals surface area contributed by atoms with E-state index in [-0.39, 0.29) is 11.9 Å². The van der Waals surface area contributed by atoms with Gasteiger partial charge in [0, 0.05) is 37.9 Å². The number of aromatic nitrogens is 1. The number of ether oxygens (including phenoxy) is 1. The average Bonchev–Trinajstić information content (AvgIpc) is 3.28. The van der Waals surface area contributed by atoms with Crippen molar-refractivity contribution in [2.24, 2.45) is 0 Å². The molecule has 0 aromatic carbocycles. The Hall–Kier alpha value is -1.82. The molecule has 1 aliphatic heterocycles. The van der Waals surface area contributed by atoms with Crippen LogP contribution in [-0.4, -0.2) is 66.0 Å². The SMILES string of the molecule is CCc1[nH]c(C(=O)N2CCN(C3CCCC3)CC2)c(C)c1C(=O)OC. The Morgan fingerprint density at radius 3 is 2.36 bits per heavy atom. The summed E-state index contributed by atoms with van der Waals surface area (Å²) in [6.07, 6.45) is 5.93. The highest BCUT2D eigenvalue weighted by Crippen LogP contribution is 2.25. The van der Waals surface area contributed by atoms with E-state index in [0.29, 0.717) is 29.3 Å². The number of aromatic amines is 1. The van der Waals surface area contributed by atoms with Crippen LogP contribution in [0.4, 0.5) is 0 Å². The van der Waals surface area contributed by atoms with Crippen molar-refractivity contribution < 1.29 is 14.3 Å². The number of hydrogen-bond donors (Lipinski definition) is 1. The third-order valence-corrected chi connectivity index (χ3v) is 5.73. The van der Waals surface area contributed by atoms with E-state index in [1.165, 1.54) is 32.8 Å². The van der Waals surface area contributed by atoms with Gasteiger partial charge in [-0.15, -0.1) is 0 Å². The zero-order valence-electron chi connectivity index (χ0n) is 15.6. The van der Waals surface area contributed by atoms with Crippen LogP contribution in [0.3, 0.4) is 0 Å². The summed E-state index contributed by atoms with van der Waals surface area (Å²) in [5.41, 5.74) is 2.52. The molecule has 2 aliphatic rings. The summed E-state index contributed by atoms with van der Waals surface area (Å²) in [4.78, 5) is 32.6. The zero-order chi connectivity index (χ0) is 18.0. The van der Waals surface area contributed by atoms with E-state index in [1.807, 2.05) is 18.7 Å². The molecular formula is C19H29N3O3. The summed E-state index contributed by atoms with van der Waals surface area (Å²) in [7, 11) is 1.37. The van der Waals surface area contributed by atoms with Crippen LogP contribution in [0.15, 0.2) is 0 Å². The number of aryl methyl sites for hydroxylation is 1. The lowest BCUT2D eigenvalue weighted by atomic mass is 10.1. The van der Waals surface area contributed by atoms with Crippen molar-refractivity contribution in [3.05, 3.63) is 22.5 Å². The van der Waals surface area contributed by atoms with Crippen molar-refractivity contribution in [2.45, 2.75) is 52.0 Å². The van der Waals surface area contributed by atoms with Crippen molar-refractivity contribution in [1.29, 1.82) is 0 Å². The molecule has 0 unspecified atom stereocenters. The van der Waals surface area contributed by atoms with Gasteiger partial charge in [0.05, 0.1) is 12.7 Å². The molecule has 1 aromatic rings. The highest BCUT2D eigenvalue weighted by Gasteiger charge is 2.31. The molecule has 6 nitrogen and oxygen atoms in total. The normalized spacial score (nSPS) is 19.4. The first-order valence-electron chi connectivity index (χ1n) is 9.39. The molecule has 0 bridgehead atoms. The van der Waals surface area contributed by atoms with E-state index in [4.69, 9.17) is 4.74 Å². The molecular weight excluding hydrogens is 318 g/mol. The van der Waals surface area contributed by atoms with Gasteiger partial charge in [0.15, 0.2) is 0 Å². The molecule has 1 saturated heterocycles. The Bertz CT molecular complexity index is 639. The predicted octanol–water partition coefficient (Wildman–Crippen LogP) is 2.37. The number of piperazine rings is 1. The Morgan fingerprint density at radius 1 is 1.16 bits per heavy atom. The maximum absolute atomic E-state index is 13.0. The molecule has 1 aliphatic carbocycles. The number of hydrogen-bond acceptors (Lipinski definition) is 4. The van der Waals surface area contributed by atoms with Crippen molar-refractivity contribution in [2.75, 3.05) is 33.3 Å². The molecule has 3 rings (SSSR count). The van der Waals surface area contributed by atoms with Crippen LogP contribution in [-0.2, 0) is 11.2 Å². The van der Waals surface area contributed by atoms with Crippen molar-refractivity contribution in [3.63, 3.8) is 0 Å². The van der Waals surface area contributed by atoms with E-state index in [9.17, 15) is 9.59 Å². The summed E-state index contributed by atoms with van der Waals surface area (Å²) in [5.74, 6) is -0.385. The fourth-order valence-corrected chi connectivity index (χ4v) is 4.23. The molecule has 138 valence electrons. The second kappa shape index (κ2) is 7.60. The van der Waals surface area contributed by atoms with Gasteiger partial charge in [-0.2, -0.15) is 0 Å². The fourth-order valence-electron chi connectivity index (χ4n) is 4.23. The predicted molar refractivity (Wildman–Crippen MR) is 96.0 cm³/mol. The maximum Gasteiger partial charge on any atom is 0.339 e. The van der Waals surface area contributed by atoms with Crippen LogP contribution >= 0.6 is 0 Å². The molecule has 25 heavy (non-hydrogen) atoms. The number of carbonyl (C=O) groups excluding carboxylic acids is 2. The summed E-state index contributed by atoms with van der Waals surface area (Å²) in [6.45, 7) is 7.18. The topological polar surface area (TPSA) is 65.6 Å². The number of H-pyrrole nitrogens is 1. The largest absolute Gasteiger partial charge is 0.465 e.